The van der Waals surface area contributed by atoms with Gasteiger partial charge in [-0.05, 0) is 12.8 Å². The number of amides is 1. The SMILES string of the molecule is C1CCOC1.O=C(NCc1nnc(-c2ccccc2)s1)c1cn[nH]n1. The molecule has 0 unspecified atom stereocenters. The molecule has 1 aromatic carbocycles. The molecule has 3 heterocycles. The topological polar surface area (TPSA) is 106 Å². The van der Waals surface area contributed by atoms with Crippen LogP contribution in [0.25, 0.3) is 10.6 Å². The number of hydrogen-bond acceptors (Lipinski definition) is 7. The molecule has 3 aromatic rings. The van der Waals surface area contributed by atoms with Gasteiger partial charge < -0.3 is 10.1 Å². The number of aromatic amines is 1. The smallest absolute Gasteiger partial charge is 0.273 e. The average Bonchev–Trinajstić information content (AvgIpc) is 3.45. The van der Waals surface area contributed by atoms with Crippen molar-refractivity contribution in [3.8, 4) is 10.6 Å². The van der Waals surface area contributed by atoms with Crippen LogP contribution < -0.4 is 5.32 Å². The van der Waals surface area contributed by atoms with Crippen LogP contribution in [0.2, 0.25) is 0 Å². The Morgan fingerprint density at radius 2 is 2.00 bits per heavy atom. The van der Waals surface area contributed by atoms with E-state index in [0.717, 1.165) is 28.8 Å². The molecule has 9 heteroatoms. The molecule has 0 atom stereocenters. The minimum atomic E-state index is -0.296. The quantitative estimate of drug-likeness (QED) is 0.739. The van der Waals surface area contributed by atoms with Crippen molar-refractivity contribution >= 4 is 17.2 Å². The zero-order chi connectivity index (χ0) is 17.3. The van der Waals surface area contributed by atoms with Crippen molar-refractivity contribution < 1.29 is 9.53 Å². The number of nitrogens with one attached hydrogen (secondary N) is 2. The number of benzene rings is 1. The van der Waals surface area contributed by atoms with Crippen molar-refractivity contribution in [1.29, 1.82) is 0 Å². The maximum atomic E-state index is 11.7. The van der Waals surface area contributed by atoms with E-state index in [2.05, 4.69) is 30.9 Å². The first-order valence-corrected chi connectivity index (χ1v) is 8.74. The maximum Gasteiger partial charge on any atom is 0.273 e. The van der Waals surface area contributed by atoms with Gasteiger partial charge in [0.15, 0.2) is 5.69 Å². The summed E-state index contributed by atoms with van der Waals surface area (Å²) in [6, 6.07) is 9.78. The van der Waals surface area contributed by atoms with Gasteiger partial charge in [0.25, 0.3) is 5.91 Å². The first-order valence-electron chi connectivity index (χ1n) is 7.92. The lowest BCUT2D eigenvalue weighted by atomic mass is 10.2. The Morgan fingerprint density at radius 3 is 2.64 bits per heavy atom. The van der Waals surface area contributed by atoms with Gasteiger partial charge in [-0.25, -0.2) is 0 Å². The molecule has 1 amide bonds. The monoisotopic (exact) mass is 358 g/mol. The number of aromatic nitrogens is 5. The predicted octanol–water partition coefficient (Wildman–Crippen LogP) is 2.05. The maximum absolute atomic E-state index is 11.7. The molecule has 130 valence electrons. The largest absolute Gasteiger partial charge is 0.381 e. The van der Waals surface area contributed by atoms with E-state index in [0.29, 0.717) is 6.54 Å². The second kappa shape index (κ2) is 9.00. The Labute approximate surface area is 148 Å². The van der Waals surface area contributed by atoms with Gasteiger partial charge >= 0.3 is 0 Å². The average molecular weight is 358 g/mol. The number of ether oxygens (including phenoxy) is 1. The molecule has 1 aliphatic rings. The minimum Gasteiger partial charge on any atom is -0.381 e. The van der Waals surface area contributed by atoms with Crippen LogP contribution in [-0.2, 0) is 11.3 Å². The summed E-state index contributed by atoms with van der Waals surface area (Å²) in [5.74, 6) is -0.296. The summed E-state index contributed by atoms with van der Waals surface area (Å²) in [7, 11) is 0. The first-order chi connectivity index (χ1) is 12.3. The summed E-state index contributed by atoms with van der Waals surface area (Å²) >= 11 is 1.44. The van der Waals surface area contributed by atoms with Crippen LogP contribution in [0.3, 0.4) is 0 Å². The van der Waals surface area contributed by atoms with E-state index in [1.54, 1.807) is 0 Å². The molecule has 4 rings (SSSR count). The van der Waals surface area contributed by atoms with Crippen molar-refractivity contribution in [2.45, 2.75) is 19.4 Å². The second-order valence-corrected chi connectivity index (χ2v) is 6.29. The third kappa shape index (κ3) is 5.16. The van der Waals surface area contributed by atoms with Crippen molar-refractivity contribution in [1.82, 2.24) is 30.9 Å². The molecule has 0 radical (unpaired) electrons. The molecule has 25 heavy (non-hydrogen) atoms. The number of rotatable bonds is 4. The Kier molecular flexibility index (Phi) is 6.18. The molecule has 1 fully saturated rings. The summed E-state index contributed by atoms with van der Waals surface area (Å²) in [4.78, 5) is 11.7. The van der Waals surface area contributed by atoms with Gasteiger partial charge in [0.2, 0.25) is 0 Å². The second-order valence-electron chi connectivity index (χ2n) is 5.22. The van der Waals surface area contributed by atoms with Crippen molar-refractivity contribution in [3.05, 3.63) is 47.2 Å². The molecule has 8 nitrogen and oxygen atoms in total. The molecule has 0 bridgehead atoms. The summed E-state index contributed by atoms with van der Waals surface area (Å²) in [6.07, 6.45) is 3.92. The number of H-pyrrole nitrogens is 1. The van der Waals surface area contributed by atoms with Gasteiger partial charge in [0, 0.05) is 18.8 Å². The highest BCUT2D eigenvalue weighted by molar-refractivity contribution is 7.14. The molecule has 0 aliphatic carbocycles. The molecular formula is C16H18N6O2S. The lowest BCUT2D eigenvalue weighted by molar-refractivity contribution is 0.0945. The molecule has 0 saturated carbocycles. The van der Waals surface area contributed by atoms with Crippen molar-refractivity contribution in [3.63, 3.8) is 0 Å². The minimum absolute atomic E-state index is 0.248. The van der Waals surface area contributed by atoms with E-state index in [1.165, 1.54) is 30.4 Å². The van der Waals surface area contributed by atoms with Crippen LogP contribution in [0, 0.1) is 0 Å². The van der Waals surface area contributed by atoms with Crippen molar-refractivity contribution in [2.24, 2.45) is 0 Å². The molecular weight excluding hydrogens is 340 g/mol. The summed E-state index contributed by atoms with van der Waals surface area (Å²) < 4.78 is 4.94. The highest BCUT2D eigenvalue weighted by Gasteiger charge is 2.10. The Balaban J connectivity index is 0.000000314. The Hall–Kier alpha value is -2.65. The lowest BCUT2D eigenvalue weighted by Gasteiger charge is -1.97. The fourth-order valence-electron chi connectivity index (χ4n) is 2.09. The number of nitrogens with zero attached hydrogens (tertiary/aromatic N) is 4. The number of hydrogen-bond donors (Lipinski definition) is 2. The zero-order valence-corrected chi connectivity index (χ0v) is 14.3. The number of carbonyl (C=O) groups is 1. The summed E-state index contributed by atoms with van der Waals surface area (Å²) in [5.41, 5.74) is 1.26. The Bertz CT molecular complexity index is 763. The normalized spacial score (nSPS) is 13.1. The van der Waals surface area contributed by atoms with Crippen LogP contribution >= 0.6 is 11.3 Å². The van der Waals surface area contributed by atoms with E-state index in [4.69, 9.17) is 4.74 Å². The molecule has 1 aliphatic heterocycles. The van der Waals surface area contributed by atoms with E-state index in [-0.39, 0.29) is 11.6 Å². The first kappa shape index (κ1) is 17.2. The van der Waals surface area contributed by atoms with E-state index in [1.807, 2.05) is 30.3 Å². The summed E-state index contributed by atoms with van der Waals surface area (Å²) in [6.45, 7) is 2.32. The molecule has 0 spiro atoms. The predicted molar refractivity (Wildman–Crippen MR) is 93.0 cm³/mol. The fourth-order valence-corrected chi connectivity index (χ4v) is 2.87. The molecule has 2 N–H and O–H groups in total. The van der Waals surface area contributed by atoms with Crippen molar-refractivity contribution in [2.75, 3.05) is 13.2 Å². The molecule has 1 saturated heterocycles. The van der Waals surface area contributed by atoms with E-state index < -0.39 is 0 Å². The van der Waals surface area contributed by atoms with Gasteiger partial charge in [0.05, 0.1) is 12.7 Å². The zero-order valence-electron chi connectivity index (χ0n) is 13.5. The van der Waals surface area contributed by atoms with Gasteiger partial charge in [-0.1, -0.05) is 41.7 Å². The summed E-state index contributed by atoms with van der Waals surface area (Å²) in [5, 5.41) is 22.1. The van der Waals surface area contributed by atoms with Gasteiger partial charge in [0.1, 0.15) is 10.0 Å². The van der Waals surface area contributed by atoms with Crippen LogP contribution in [0.5, 0.6) is 0 Å². The van der Waals surface area contributed by atoms with E-state index >= 15 is 0 Å². The third-order valence-electron chi connectivity index (χ3n) is 3.36. The van der Waals surface area contributed by atoms with Crippen LogP contribution in [0.4, 0.5) is 0 Å². The molecule has 2 aromatic heterocycles. The van der Waals surface area contributed by atoms with Gasteiger partial charge in [-0.2, -0.15) is 15.4 Å². The highest BCUT2D eigenvalue weighted by Crippen LogP contribution is 2.22. The highest BCUT2D eigenvalue weighted by atomic mass is 32.1. The van der Waals surface area contributed by atoms with Crippen LogP contribution in [0.15, 0.2) is 36.5 Å². The third-order valence-corrected chi connectivity index (χ3v) is 4.34. The standard InChI is InChI=1S/C12H10N6OS.C4H8O/c19-11(9-6-14-18-15-9)13-7-10-16-17-12(20-10)8-4-2-1-3-5-8;1-2-4-5-3-1/h1-6H,7H2,(H,13,19)(H,14,15,18);1-4H2. The van der Waals surface area contributed by atoms with E-state index in [9.17, 15) is 4.79 Å². The van der Waals surface area contributed by atoms with Gasteiger partial charge in [-0.15, -0.1) is 10.2 Å². The van der Waals surface area contributed by atoms with Gasteiger partial charge in [-0.3, -0.25) is 4.79 Å². The lowest BCUT2D eigenvalue weighted by Crippen LogP contribution is -2.23. The fraction of sp³-hybridized carbons (Fsp3) is 0.312. The van der Waals surface area contributed by atoms with Crippen LogP contribution in [-0.4, -0.2) is 44.7 Å². The Morgan fingerprint density at radius 1 is 1.20 bits per heavy atom. The number of carbonyl (C=O) groups excluding carboxylic acids is 1. The van der Waals surface area contributed by atoms with Crippen LogP contribution in [0.1, 0.15) is 28.3 Å².